The number of imidazole rings is 1. The molecule has 7 nitrogen and oxygen atoms in total. The quantitative estimate of drug-likeness (QED) is 0.585. The molecule has 2 heterocycles. The monoisotopic (exact) mass is 475 g/mol. The van der Waals surface area contributed by atoms with Gasteiger partial charge in [0.25, 0.3) is 0 Å². The van der Waals surface area contributed by atoms with Gasteiger partial charge in [0.2, 0.25) is 5.91 Å². The van der Waals surface area contributed by atoms with E-state index in [2.05, 4.69) is 9.55 Å². The van der Waals surface area contributed by atoms with E-state index in [0.717, 1.165) is 29.1 Å². The number of carbonyl (C=O) groups excluding carboxylic acids is 1. The van der Waals surface area contributed by atoms with Crippen LogP contribution in [-0.2, 0) is 29.1 Å². The van der Waals surface area contributed by atoms with Crippen molar-refractivity contribution < 1.29 is 20.2 Å². The van der Waals surface area contributed by atoms with Gasteiger partial charge in [0.15, 0.2) is 0 Å². The molecule has 3 N–H and O–H groups in total. The molecule has 0 unspecified atom stereocenters. The second kappa shape index (κ2) is 10.9. The predicted octanol–water partition coefficient (Wildman–Crippen LogP) is 3.81. The fourth-order valence-electron chi connectivity index (χ4n) is 5.57. The zero-order valence-electron chi connectivity index (χ0n) is 19.8. The van der Waals surface area contributed by atoms with E-state index in [1.165, 1.54) is 37.0 Å². The summed E-state index contributed by atoms with van der Waals surface area (Å²) >= 11 is 0. The number of hydrogen-bond donors (Lipinski definition) is 1. The first-order valence-corrected chi connectivity index (χ1v) is 12.3. The van der Waals surface area contributed by atoms with Gasteiger partial charge in [0.1, 0.15) is 6.04 Å². The molecule has 0 spiro atoms. The average molecular weight is 476 g/mol. The second-order valence-electron chi connectivity index (χ2n) is 9.57. The van der Waals surface area contributed by atoms with Crippen LogP contribution in [0.5, 0.6) is 0 Å². The number of aromatic nitrogens is 2. The average Bonchev–Trinajstić information content (AvgIpc) is 3.27. The molecule has 1 aromatic heterocycles. The van der Waals surface area contributed by atoms with E-state index in [4.69, 9.17) is 0 Å². The van der Waals surface area contributed by atoms with E-state index >= 15 is 0 Å². The number of fused-ring (bicyclic) bond motifs is 1. The van der Waals surface area contributed by atoms with Crippen LogP contribution in [0.2, 0.25) is 0 Å². The van der Waals surface area contributed by atoms with E-state index in [-0.39, 0.29) is 17.9 Å². The number of hydrogen-bond acceptors (Lipinski definition) is 3. The van der Waals surface area contributed by atoms with Crippen molar-refractivity contribution in [3.05, 3.63) is 89.5 Å². The number of nitrogens with zero attached hydrogens (tertiary/aromatic N) is 3. The maximum atomic E-state index is 14.0. The summed E-state index contributed by atoms with van der Waals surface area (Å²) in [4.78, 5) is 32.5. The summed E-state index contributed by atoms with van der Waals surface area (Å²) in [6.45, 7) is 1.11. The molecule has 35 heavy (non-hydrogen) atoms. The van der Waals surface area contributed by atoms with Gasteiger partial charge in [-0.25, -0.2) is 9.78 Å². The first-order chi connectivity index (χ1) is 16.6. The molecule has 0 radical (unpaired) electrons. The normalized spacial score (nSPS) is 18.1. The SMILES string of the molecule is O.O=C(O)[C@@H]1Cc2c(ncn2CC2CCCCC2)CN1C(=O)C(c1ccccc1)c1ccccc1. The van der Waals surface area contributed by atoms with Crippen molar-refractivity contribution in [2.24, 2.45) is 5.92 Å². The summed E-state index contributed by atoms with van der Waals surface area (Å²) < 4.78 is 2.15. The Morgan fingerprint density at radius 3 is 2.11 bits per heavy atom. The van der Waals surface area contributed by atoms with Crippen LogP contribution in [-0.4, -0.2) is 43.0 Å². The van der Waals surface area contributed by atoms with Crippen LogP contribution >= 0.6 is 0 Å². The lowest BCUT2D eigenvalue weighted by Gasteiger charge is -2.36. The minimum Gasteiger partial charge on any atom is -0.480 e. The third kappa shape index (κ3) is 5.15. The molecular weight excluding hydrogens is 442 g/mol. The third-order valence-corrected chi connectivity index (χ3v) is 7.38. The van der Waals surface area contributed by atoms with E-state index in [9.17, 15) is 14.7 Å². The number of carboxylic acid groups (broad SMARTS) is 1. The standard InChI is InChI=1S/C28H31N3O3.H2O/c32-27(26(21-12-6-2-7-13-21)22-14-8-3-9-15-22)31-18-23-24(16-25(31)28(33)34)30(19-29-23)17-20-10-4-1-5-11-20;/h2-3,6-9,12-15,19-20,25-26H,1,4-5,10-11,16-18H2,(H,33,34);1H2/t25-;/m0./s1. The highest BCUT2D eigenvalue weighted by molar-refractivity contribution is 5.91. The molecule has 1 fully saturated rings. The number of rotatable bonds is 6. The summed E-state index contributed by atoms with van der Waals surface area (Å²) in [5.74, 6) is -1.10. The predicted molar refractivity (Wildman–Crippen MR) is 133 cm³/mol. The molecule has 3 aromatic rings. The molecule has 1 aliphatic carbocycles. The van der Waals surface area contributed by atoms with Gasteiger partial charge in [-0.1, -0.05) is 79.9 Å². The maximum Gasteiger partial charge on any atom is 0.326 e. The molecule has 1 amide bonds. The van der Waals surface area contributed by atoms with Crippen molar-refractivity contribution in [1.29, 1.82) is 0 Å². The molecule has 7 heteroatoms. The molecule has 2 aromatic carbocycles. The van der Waals surface area contributed by atoms with Crippen molar-refractivity contribution in [2.75, 3.05) is 0 Å². The Bertz CT molecular complexity index is 1100. The van der Waals surface area contributed by atoms with Crippen LogP contribution in [0.25, 0.3) is 0 Å². The molecule has 2 aliphatic rings. The Kier molecular flexibility index (Phi) is 7.66. The number of aliphatic carboxylic acids is 1. The second-order valence-corrected chi connectivity index (χ2v) is 9.57. The fraction of sp³-hybridized carbons (Fsp3) is 0.393. The molecule has 5 rings (SSSR count). The Labute approximate surface area is 205 Å². The van der Waals surface area contributed by atoms with Crippen molar-refractivity contribution in [2.45, 2.75) is 63.6 Å². The highest BCUT2D eigenvalue weighted by Gasteiger charge is 2.40. The lowest BCUT2D eigenvalue weighted by Crippen LogP contribution is -2.50. The van der Waals surface area contributed by atoms with Gasteiger partial charge in [-0.05, 0) is 29.9 Å². The Morgan fingerprint density at radius 2 is 1.54 bits per heavy atom. The number of carboxylic acids is 1. The summed E-state index contributed by atoms with van der Waals surface area (Å²) in [6.07, 6.45) is 8.41. The van der Waals surface area contributed by atoms with E-state index in [1.54, 1.807) is 0 Å². The summed E-state index contributed by atoms with van der Waals surface area (Å²) in [6, 6.07) is 18.3. The fourth-order valence-corrected chi connectivity index (χ4v) is 5.57. The topological polar surface area (TPSA) is 107 Å². The minimum absolute atomic E-state index is 0. The maximum absolute atomic E-state index is 14.0. The molecule has 184 valence electrons. The lowest BCUT2D eigenvalue weighted by atomic mass is 9.88. The lowest BCUT2D eigenvalue weighted by molar-refractivity contribution is -0.151. The molecule has 1 aliphatic heterocycles. The van der Waals surface area contributed by atoms with E-state index in [0.29, 0.717) is 12.3 Å². The molecule has 0 bridgehead atoms. The van der Waals surface area contributed by atoms with Gasteiger partial charge in [-0.15, -0.1) is 0 Å². The first kappa shape index (κ1) is 24.7. The molecule has 1 atom stereocenters. The van der Waals surface area contributed by atoms with Crippen LogP contribution in [0.15, 0.2) is 67.0 Å². The largest absolute Gasteiger partial charge is 0.480 e. The zero-order valence-corrected chi connectivity index (χ0v) is 19.8. The number of amides is 1. The van der Waals surface area contributed by atoms with Crippen LogP contribution in [0.4, 0.5) is 0 Å². The van der Waals surface area contributed by atoms with Crippen LogP contribution in [0.3, 0.4) is 0 Å². The van der Waals surface area contributed by atoms with Crippen molar-refractivity contribution >= 4 is 11.9 Å². The van der Waals surface area contributed by atoms with Gasteiger partial charge in [-0.3, -0.25) is 4.79 Å². The highest BCUT2D eigenvalue weighted by atomic mass is 16.4. The van der Waals surface area contributed by atoms with Crippen molar-refractivity contribution in [3.63, 3.8) is 0 Å². The Balaban J connectivity index is 0.00000289. The Morgan fingerprint density at radius 1 is 0.943 bits per heavy atom. The summed E-state index contributed by atoms with van der Waals surface area (Å²) in [5.41, 5.74) is 3.51. The van der Waals surface area contributed by atoms with Gasteiger partial charge in [-0.2, -0.15) is 0 Å². The number of benzene rings is 2. The summed E-state index contributed by atoms with van der Waals surface area (Å²) in [7, 11) is 0. The van der Waals surface area contributed by atoms with Gasteiger partial charge >= 0.3 is 5.97 Å². The van der Waals surface area contributed by atoms with Crippen LogP contribution < -0.4 is 0 Å². The summed E-state index contributed by atoms with van der Waals surface area (Å²) in [5, 5.41) is 10.1. The Hall–Kier alpha value is -3.45. The van der Waals surface area contributed by atoms with Gasteiger partial charge in [0.05, 0.1) is 24.5 Å². The number of carbonyl (C=O) groups is 2. The van der Waals surface area contributed by atoms with E-state index < -0.39 is 17.9 Å². The van der Waals surface area contributed by atoms with Gasteiger partial charge in [0, 0.05) is 18.7 Å². The van der Waals surface area contributed by atoms with Gasteiger partial charge < -0.3 is 20.0 Å². The highest BCUT2D eigenvalue weighted by Crippen LogP contribution is 2.32. The smallest absolute Gasteiger partial charge is 0.326 e. The third-order valence-electron chi connectivity index (χ3n) is 7.38. The molecule has 1 saturated carbocycles. The molecule has 0 saturated heterocycles. The first-order valence-electron chi connectivity index (χ1n) is 12.3. The van der Waals surface area contributed by atoms with Crippen molar-refractivity contribution in [3.8, 4) is 0 Å². The zero-order chi connectivity index (χ0) is 23.5. The van der Waals surface area contributed by atoms with Crippen molar-refractivity contribution in [1.82, 2.24) is 14.5 Å². The van der Waals surface area contributed by atoms with Crippen LogP contribution in [0, 0.1) is 5.92 Å². The van der Waals surface area contributed by atoms with Crippen LogP contribution in [0.1, 0.15) is 60.5 Å². The molecular formula is C28H33N3O4. The van der Waals surface area contributed by atoms with E-state index in [1.807, 2.05) is 67.0 Å². The minimum atomic E-state index is -0.968.